The molecule has 1 saturated heterocycles. The lowest BCUT2D eigenvalue weighted by atomic mass is 9.88. The number of hydrogen-bond donors (Lipinski definition) is 0. The summed E-state index contributed by atoms with van der Waals surface area (Å²) in [6.45, 7) is 3.44. The lowest BCUT2D eigenvalue weighted by molar-refractivity contribution is -0.934. The molecule has 1 aliphatic heterocycles. The van der Waals surface area contributed by atoms with Crippen molar-refractivity contribution < 1.29 is 9.28 Å². The number of nitrogens with zero attached hydrogens (tertiary/aromatic N) is 2. The number of halogens is 1. The fraction of sp³-hybridized carbons (Fsp3) is 0.296. The quantitative estimate of drug-likeness (QED) is 0.263. The van der Waals surface area contributed by atoms with Crippen LogP contribution in [0.4, 0.5) is 0 Å². The molecule has 0 aromatic heterocycles. The van der Waals surface area contributed by atoms with Crippen molar-refractivity contribution in [1.29, 1.82) is 0 Å². The summed E-state index contributed by atoms with van der Waals surface area (Å²) in [4.78, 5) is 15.6. The molecule has 3 aromatic rings. The van der Waals surface area contributed by atoms with Crippen LogP contribution in [-0.2, 0) is 11.3 Å². The summed E-state index contributed by atoms with van der Waals surface area (Å²) >= 11 is 3.91. The van der Waals surface area contributed by atoms with E-state index in [4.69, 9.17) is 0 Å². The van der Waals surface area contributed by atoms with Crippen LogP contribution in [-0.4, -0.2) is 46.9 Å². The maximum absolute atomic E-state index is 13.4. The molecule has 2 atom stereocenters. The zero-order valence-electron chi connectivity index (χ0n) is 18.0. The van der Waals surface area contributed by atoms with Gasteiger partial charge in [0.05, 0.1) is 26.7 Å². The van der Waals surface area contributed by atoms with Gasteiger partial charge in [0.25, 0.3) is 0 Å². The van der Waals surface area contributed by atoms with Crippen molar-refractivity contribution in [2.24, 2.45) is 0 Å². The molecule has 0 aliphatic carbocycles. The first kappa shape index (κ1) is 21.8. The molecular formula is C27H30BrN2O+. The maximum Gasteiger partial charge on any atom is 0.223 e. The van der Waals surface area contributed by atoms with Gasteiger partial charge in [-0.3, -0.25) is 4.79 Å². The molecule has 4 heteroatoms. The van der Waals surface area contributed by atoms with Crippen molar-refractivity contribution in [2.45, 2.75) is 23.8 Å². The summed E-state index contributed by atoms with van der Waals surface area (Å²) in [5, 5.41) is 0. The van der Waals surface area contributed by atoms with Crippen LogP contribution in [0.3, 0.4) is 0 Å². The Labute approximate surface area is 194 Å². The van der Waals surface area contributed by atoms with E-state index in [0.29, 0.717) is 6.42 Å². The zero-order valence-corrected chi connectivity index (χ0v) is 19.6. The molecule has 0 N–H and O–H groups in total. The predicted octanol–water partition coefficient (Wildman–Crippen LogP) is 5.42. The number of carbonyl (C=O) groups excluding carboxylic acids is 1. The van der Waals surface area contributed by atoms with Crippen molar-refractivity contribution in [3.8, 4) is 0 Å². The van der Waals surface area contributed by atoms with Crippen LogP contribution >= 0.6 is 15.9 Å². The van der Waals surface area contributed by atoms with E-state index in [0.717, 1.165) is 30.7 Å². The number of carbonyl (C=O) groups is 1. The molecule has 3 aromatic carbocycles. The largest absolute Gasteiger partial charge is 0.330 e. The summed E-state index contributed by atoms with van der Waals surface area (Å²) in [6, 6.07) is 31.4. The maximum atomic E-state index is 13.4. The molecule has 2 unspecified atom stereocenters. The molecule has 0 bridgehead atoms. The van der Waals surface area contributed by atoms with Gasteiger partial charge in [0.1, 0.15) is 6.54 Å². The van der Waals surface area contributed by atoms with E-state index < -0.39 is 0 Å². The second kappa shape index (κ2) is 9.80. The Morgan fingerprint density at radius 1 is 0.935 bits per heavy atom. The van der Waals surface area contributed by atoms with Crippen LogP contribution in [0.15, 0.2) is 91.0 Å². The first-order valence-electron chi connectivity index (χ1n) is 10.9. The first-order valence-corrected chi connectivity index (χ1v) is 11.9. The second-order valence-corrected chi connectivity index (χ2v) is 9.76. The van der Waals surface area contributed by atoms with Gasteiger partial charge in [0.15, 0.2) is 4.95 Å². The van der Waals surface area contributed by atoms with Gasteiger partial charge in [-0.25, -0.2) is 0 Å². The van der Waals surface area contributed by atoms with Crippen LogP contribution in [0.25, 0.3) is 0 Å². The van der Waals surface area contributed by atoms with Gasteiger partial charge in [-0.05, 0) is 27.1 Å². The highest BCUT2D eigenvalue weighted by Crippen LogP contribution is 2.31. The van der Waals surface area contributed by atoms with Gasteiger partial charge >= 0.3 is 0 Å². The first-order chi connectivity index (χ1) is 15.0. The lowest BCUT2D eigenvalue weighted by Crippen LogP contribution is -2.61. The number of quaternary nitrogens is 1. The van der Waals surface area contributed by atoms with Gasteiger partial charge in [-0.1, -0.05) is 91.0 Å². The van der Waals surface area contributed by atoms with Gasteiger partial charge < -0.3 is 9.38 Å². The van der Waals surface area contributed by atoms with E-state index >= 15 is 0 Å². The smallest absolute Gasteiger partial charge is 0.223 e. The number of benzene rings is 3. The highest BCUT2D eigenvalue weighted by atomic mass is 79.9. The minimum absolute atomic E-state index is 0.0794. The molecule has 1 aliphatic rings. The Morgan fingerprint density at radius 3 is 1.97 bits per heavy atom. The molecule has 0 radical (unpaired) electrons. The topological polar surface area (TPSA) is 20.3 Å². The van der Waals surface area contributed by atoms with Gasteiger partial charge in [0, 0.05) is 17.9 Å². The number of hydrogen-bond acceptors (Lipinski definition) is 1. The number of amides is 1. The van der Waals surface area contributed by atoms with E-state index in [2.05, 4.69) is 102 Å². The van der Waals surface area contributed by atoms with Crippen molar-refractivity contribution in [1.82, 2.24) is 4.90 Å². The predicted molar refractivity (Wildman–Crippen MR) is 130 cm³/mol. The molecule has 1 amide bonds. The summed E-state index contributed by atoms with van der Waals surface area (Å²) < 4.78 is 0.897. The Hall–Kier alpha value is -2.43. The van der Waals surface area contributed by atoms with Crippen molar-refractivity contribution in [3.63, 3.8) is 0 Å². The minimum Gasteiger partial charge on any atom is -0.330 e. The average Bonchev–Trinajstić information content (AvgIpc) is 2.81. The fourth-order valence-corrected chi connectivity index (χ4v) is 5.17. The fourth-order valence-electron chi connectivity index (χ4n) is 4.47. The van der Waals surface area contributed by atoms with E-state index in [-0.39, 0.29) is 16.8 Å². The molecule has 31 heavy (non-hydrogen) atoms. The highest BCUT2D eigenvalue weighted by molar-refractivity contribution is 9.09. The Bertz CT molecular complexity index is 940. The van der Waals surface area contributed by atoms with E-state index in [1.807, 2.05) is 17.0 Å². The number of alkyl halides is 1. The second-order valence-electron chi connectivity index (χ2n) is 8.70. The molecule has 4 rings (SSSR count). The average molecular weight is 478 g/mol. The van der Waals surface area contributed by atoms with Crippen molar-refractivity contribution in [2.75, 3.05) is 26.7 Å². The van der Waals surface area contributed by atoms with E-state index in [9.17, 15) is 4.79 Å². The molecular weight excluding hydrogens is 448 g/mol. The summed E-state index contributed by atoms with van der Waals surface area (Å²) in [5.41, 5.74) is 3.72. The zero-order chi connectivity index (χ0) is 21.7. The molecule has 160 valence electrons. The summed E-state index contributed by atoms with van der Waals surface area (Å²) in [6.07, 6.45) is 0.496. The van der Waals surface area contributed by atoms with Crippen LogP contribution in [0.2, 0.25) is 0 Å². The van der Waals surface area contributed by atoms with Gasteiger partial charge in [-0.15, -0.1) is 0 Å². The van der Waals surface area contributed by atoms with E-state index in [1.165, 1.54) is 16.7 Å². The third-order valence-electron chi connectivity index (χ3n) is 6.45. The molecule has 0 spiro atoms. The van der Waals surface area contributed by atoms with E-state index in [1.54, 1.807) is 0 Å². The van der Waals surface area contributed by atoms with Crippen molar-refractivity contribution >= 4 is 21.8 Å². The Kier molecular flexibility index (Phi) is 6.89. The molecule has 3 nitrogen and oxygen atoms in total. The SMILES string of the molecule is C[N+]1(Cc2ccccc2)CCN(C(=O)CC(c2ccccc2)c2ccccc2)CC1Br. The molecule has 0 saturated carbocycles. The van der Waals surface area contributed by atoms with Crippen molar-refractivity contribution in [3.05, 3.63) is 108 Å². The normalized spacial score (nSPS) is 21.3. The standard InChI is InChI=1S/C27H30BrN2O/c1-30(21-22-11-5-2-6-12-22)18-17-29(20-26(30)28)27(31)19-25(23-13-7-3-8-14-23)24-15-9-4-10-16-24/h2-16,25-26H,17-21H2,1H3/q+1. The van der Waals surface area contributed by atoms with Crippen LogP contribution in [0, 0.1) is 0 Å². The minimum atomic E-state index is 0.0794. The Balaban J connectivity index is 1.46. The summed E-state index contributed by atoms with van der Waals surface area (Å²) in [5.74, 6) is 0.309. The van der Waals surface area contributed by atoms with Crippen LogP contribution in [0.5, 0.6) is 0 Å². The van der Waals surface area contributed by atoms with Gasteiger partial charge in [-0.2, -0.15) is 0 Å². The molecule has 1 heterocycles. The summed E-state index contributed by atoms with van der Waals surface area (Å²) in [7, 11) is 2.28. The number of likely N-dealkylation sites (N-methyl/N-ethyl adjacent to an activating group) is 1. The third kappa shape index (κ3) is 5.25. The Morgan fingerprint density at radius 2 is 1.45 bits per heavy atom. The van der Waals surface area contributed by atoms with Crippen LogP contribution < -0.4 is 0 Å². The van der Waals surface area contributed by atoms with Crippen LogP contribution in [0.1, 0.15) is 29.0 Å². The monoisotopic (exact) mass is 477 g/mol. The lowest BCUT2D eigenvalue weighted by Gasteiger charge is -2.46. The van der Waals surface area contributed by atoms with Gasteiger partial charge in [0.2, 0.25) is 5.91 Å². The number of rotatable bonds is 6. The molecule has 1 fully saturated rings. The highest BCUT2D eigenvalue weighted by Gasteiger charge is 2.39. The third-order valence-corrected chi connectivity index (χ3v) is 7.73. The number of piperazine rings is 1.